The predicted molar refractivity (Wildman–Crippen MR) is 66.7 cm³/mol. The van der Waals surface area contributed by atoms with Crippen molar-refractivity contribution in [2.24, 2.45) is 0 Å². The van der Waals surface area contributed by atoms with Gasteiger partial charge in [-0.25, -0.2) is 4.98 Å². The molecule has 0 aromatic carbocycles. The lowest BCUT2D eigenvalue weighted by Crippen LogP contribution is -2.17. The SMILES string of the molecule is CC(C)OCCCNCc1cccnc1Cl. The molecule has 90 valence electrons. The maximum Gasteiger partial charge on any atom is 0.133 e. The minimum atomic E-state index is 0.313. The van der Waals surface area contributed by atoms with Crippen LogP contribution in [0.5, 0.6) is 0 Å². The Morgan fingerprint density at radius 2 is 2.31 bits per heavy atom. The summed E-state index contributed by atoms with van der Waals surface area (Å²) in [5, 5.41) is 3.89. The summed E-state index contributed by atoms with van der Waals surface area (Å²) in [4.78, 5) is 4.02. The van der Waals surface area contributed by atoms with Crippen LogP contribution in [0.3, 0.4) is 0 Å². The zero-order valence-electron chi connectivity index (χ0n) is 9.87. The Bertz CT molecular complexity index is 305. The van der Waals surface area contributed by atoms with E-state index in [1.165, 1.54) is 0 Å². The van der Waals surface area contributed by atoms with Gasteiger partial charge in [-0.3, -0.25) is 0 Å². The number of rotatable bonds is 7. The second-order valence-electron chi connectivity index (χ2n) is 3.90. The number of nitrogens with zero attached hydrogens (tertiary/aromatic N) is 1. The van der Waals surface area contributed by atoms with Gasteiger partial charge in [-0.2, -0.15) is 0 Å². The number of hydrogen-bond donors (Lipinski definition) is 1. The molecule has 0 aliphatic rings. The van der Waals surface area contributed by atoms with E-state index in [0.717, 1.165) is 31.7 Å². The Morgan fingerprint density at radius 1 is 1.50 bits per heavy atom. The standard InChI is InChI=1S/C12H19ClN2O/c1-10(2)16-8-4-6-14-9-11-5-3-7-15-12(11)13/h3,5,7,10,14H,4,6,8-9H2,1-2H3. The second-order valence-corrected chi connectivity index (χ2v) is 4.26. The van der Waals surface area contributed by atoms with Gasteiger partial charge in [0.15, 0.2) is 0 Å². The van der Waals surface area contributed by atoms with Crippen molar-refractivity contribution in [3.8, 4) is 0 Å². The molecule has 1 heterocycles. The van der Waals surface area contributed by atoms with Crippen LogP contribution >= 0.6 is 11.6 Å². The minimum absolute atomic E-state index is 0.313. The van der Waals surface area contributed by atoms with Crippen LogP contribution in [-0.2, 0) is 11.3 Å². The monoisotopic (exact) mass is 242 g/mol. The molecule has 4 heteroatoms. The van der Waals surface area contributed by atoms with E-state index in [4.69, 9.17) is 16.3 Å². The first-order chi connectivity index (χ1) is 7.70. The molecule has 3 nitrogen and oxygen atoms in total. The lowest BCUT2D eigenvalue weighted by molar-refractivity contribution is 0.0770. The number of ether oxygens (including phenoxy) is 1. The number of nitrogens with one attached hydrogen (secondary N) is 1. The first-order valence-corrected chi connectivity index (χ1v) is 5.99. The van der Waals surface area contributed by atoms with Crippen molar-refractivity contribution in [2.75, 3.05) is 13.2 Å². The normalized spacial score (nSPS) is 11.0. The summed E-state index contributed by atoms with van der Waals surface area (Å²) in [6.07, 6.45) is 3.02. The van der Waals surface area contributed by atoms with Crippen molar-refractivity contribution in [3.05, 3.63) is 29.0 Å². The molecule has 0 saturated heterocycles. The van der Waals surface area contributed by atoms with Gasteiger partial charge >= 0.3 is 0 Å². The molecule has 16 heavy (non-hydrogen) atoms. The molecule has 1 aromatic heterocycles. The maximum atomic E-state index is 5.93. The topological polar surface area (TPSA) is 34.1 Å². The van der Waals surface area contributed by atoms with Crippen molar-refractivity contribution >= 4 is 11.6 Å². The highest BCUT2D eigenvalue weighted by molar-refractivity contribution is 6.30. The van der Waals surface area contributed by atoms with Crippen LogP contribution < -0.4 is 5.32 Å². The number of halogens is 1. The zero-order chi connectivity index (χ0) is 11.8. The van der Waals surface area contributed by atoms with Crippen LogP contribution in [0, 0.1) is 0 Å². The molecule has 1 N–H and O–H groups in total. The molecular formula is C12H19ClN2O. The summed E-state index contributed by atoms with van der Waals surface area (Å²) in [5.74, 6) is 0. The van der Waals surface area contributed by atoms with Crippen LogP contribution in [-0.4, -0.2) is 24.2 Å². The third-order valence-electron chi connectivity index (χ3n) is 2.10. The molecule has 1 aromatic rings. The van der Waals surface area contributed by atoms with Gasteiger partial charge in [-0.15, -0.1) is 0 Å². The lowest BCUT2D eigenvalue weighted by Gasteiger charge is -2.08. The first kappa shape index (κ1) is 13.4. The van der Waals surface area contributed by atoms with Gasteiger partial charge < -0.3 is 10.1 Å². The molecule has 0 aliphatic carbocycles. The molecule has 0 radical (unpaired) electrons. The molecule has 0 atom stereocenters. The molecule has 0 unspecified atom stereocenters. The fourth-order valence-corrected chi connectivity index (χ4v) is 1.48. The van der Waals surface area contributed by atoms with Crippen LogP contribution in [0.15, 0.2) is 18.3 Å². The summed E-state index contributed by atoms with van der Waals surface area (Å²) in [5.41, 5.74) is 1.04. The molecule has 0 aliphatic heterocycles. The van der Waals surface area contributed by atoms with Crippen LogP contribution in [0.2, 0.25) is 5.15 Å². The van der Waals surface area contributed by atoms with E-state index < -0.39 is 0 Å². The Balaban J connectivity index is 2.10. The van der Waals surface area contributed by atoms with Crippen LogP contribution in [0.1, 0.15) is 25.8 Å². The van der Waals surface area contributed by atoms with Gasteiger partial charge in [-0.05, 0) is 32.9 Å². The van der Waals surface area contributed by atoms with Gasteiger partial charge in [0.2, 0.25) is 0 Å². The van der Waals surface area contributed by atoms with E-state index >= 15 is 0 Å². The van der Waals surface area contributed by atoms with Crippen molar-refractivity contribution in [3.63, 3.8) is 0 Å². The van der Waals surface area contributed by atoms with Gasteiger partial charge in [0, 0.05) is 24.9 Å². The van der Waals surface area contributed by atoms with Crippen molar-refractivity contribution in [1.82, 2.24) is 10.3 Å². The average molecular weight is 243 g/mol. The van der Waals surface area contributed by atoms with Gasteiger partial charge in [-0.1, -0.05) is 17.7 Å². The molecular weight excluding hydrogens is 224 g/mol. The van der Waals surface area contributed by atoms with Gasteiger partial charge in [0.1, 0.15) is 5.15 Å². The number of hydrogen-bond acceptors (Lipinski definition) is 3. The van der Waals surface area contributed by atoms with Crippen molar-refractivity contribution in [1.29, 1.82) is 0 Å². The molecule has 0 spiro atoms. The summed E-state index contributed by atoms with van der Waals surface area (Å²) < 4.78 is 5.44. The third-order valence-corrected chi connectivity index (χ3v) is 2.44. The summed E-state index contributed by atoms with van der Waals surface area (Å²) in [7, 11) is 0. The van der Waals surface area contributed by atoms with E-state index in [-0.39, 0.29) is 0 Å². The molecule has 0 saturated carbocycles. The molecule has 1 rings (SSSR count). The second kappa shape index (κ2) is 7.60. The van der Waals surface area contributed by atoms with Gasteiger partial charge in [0.05, 0.1) is 6.10 Å². The number of pyridine rings is 1. The van der Waals surface area contributed by atoms with E-state index in [1.807, 2.05) is 26.0 Å². The Hall–Kier alpha value is -0.640. The van der Waals surface area contributed by atoms with Crippen molar-refractivity contribution < 1.29 is 4.74 Å². The molecule has 0 amide bonds. The number of aromatic nitrogens is 1. The molecule has 0 fully saturated rings. The van der Waals surface area contributed by atoms with Crippen LogP contribution in [0.4, 0.5) is 0 Å². The Labute approximate surface area is 102 Å². The highest BCUT2D eigenvalue weighted by atomic mass is 35.5. The quantitative estimate of drug-likeness (QED) is 0.590. The maximum absolute atomic E-state index is 5.93. The smallest absolute Gasteiger partial charge is 0.133 e. The lowest BCUT2D eigenvalue weighted by atomic mass is 10.3. The first-order valence-electron chi connectivity index (χ1n) is 5.62. The zero-order valence-corrected chi connectivity index (χ0v) is 10.6. The predicted octanol–water partition coefficient (Wildman–Crippen LogP) is 2.64. The fourth-order valence-electron chi connectivity index (χ4n) is 1.29. The highest BCUT2D eigenvalue weighted by Crippen LogP contribution is 2.10. The van der Waals surface area contributed by atoms with Crippen molar-refractivity contribution in [2.45, 2.75) is 32.9 Å². The summed E-state index contributed by atoms with van der Waals surface area (Å²) in [6.45, 7) is 6.57. The Kier molecular flexibility index (Phi) is 6.38. The summed E-state index contributed by atoms with van der Waals surface area (Å²) in [6, 6.07) is 3.87. The van der Waals surface area contributed by atoms with E-state index in [0.29, 0.717) is 11.3 Å². The fraction of sp³-hybridized carbons (Fsp3) is 0.583. The summed E-state index contributed by atoms with van der Waals surface area (Å²) >= 11 is 5.93. The van der Waals surface area contributed by atoms with Crippen LogP contribution in [0.25, 0.3) is 0 Å². The highest BCUT2D eigenvalue weighted by Gasteiger charge is 1.99. The third kappa shape index (κ3) is 5.45. The molecule has 0 bridgehead atoms. The van der Waals surface area contributed by atoms with E-state index in [9.17, 15) is 0 Å². The largest absolute Gasteiger partial charge is 0.379 e. The van der Waals surface area contributed by atoms with Gasteiger partial charge in [0.25, 0.3) is 0 Å². The minimum Gasteiger partial charge on any atom is -0.379 e. The van der Waals surface area contributed by atoms with E-state index in [2.05, 4.69) is 10.3 Å². The Morgan fingerprint density at radius 3 is 3.00 bits per heavy atom. The average Bonchev–Trinajstić information content (AvgIpc) is 2.25. The van der Waals surface area contributed by atoms with E-state index in [1.54, 1.807) is 6.20 Å².